The molecule has 1 N–H and O–H groups in total. The van der Waals surface area contributed by atoms with Gasteiger partial charge in [0, 0.05) is 18.7 Å². The van der Waals surface area contributed by atoms with E-state index in [1.165, 1.54) is 0 Å². The average molecular weight is 279 g/mol. The minimum Gasteiger partial charge on any atom is -0.384 e. The summed E-state index contributed by atoms with van der Waals surface area (Å²) in [5.41, 5.74) is 3.73. The summed E-state index contributed by atoms with van der Waals surface area (Å²) in [6.07, 6.45) is 1.10. The Labute approximate surface area is 123 Å². The quantitative estimate of drug-likeness (QED) is 0.795. The van der Waals surface area contributed by atoms with Gasteiger partial charge in [-0.2, -0.15) is 0 Å². The zero-order chi connectivity index (χ0) is 14.7. The predicted molar refractivity (Wildman–Crippen MR) is 83.0 cm³/mol. The van der Waals surface area contributed by atoms with Crippen molar-refractivity contribution in [1.29, 1.82) is 0 Å². The topological polar surface area (TPSA) is 42.4 Å². The van der Waals surface area contributed by atoms with Gasteiger partial charge in [-0.1, -0.05) is 42.5 Å². The van der Waals surface area contributed by atoms with Gasteiger partial charge in [0.1, 0.15) is 6.10 Å². The molecule has 0 saturated carbocycles. The molecule has 3 aromatic rings. The molecular formula is C18H17NO2. The van der Waals surface area contributed by atoms with Crippen molar-refractivity contribution in [3.8, 4) is 0 Å². The summed E-state index contributed by atoms with van der Waals surface area (Å²) in [6, 6.07) is 17.5. The Morgan fingerprint density at radius 2 is 1.86 bits per heavy atom. The van der Waals surface area contributed by atoms with E-state index in [9.17, 15) is 5.11 Å². The first-order chi connectivity index (χ1) is 10.3. The van der Waals surface area contributed by atoms with E-state index < -0.39 is 6.10 Å². The highest BCUT2D eigenvalue weighted by atomic mass is 16.5. The van der Waals surface area contributed by atoms with Crippen molar-refractivity contribution >= 4 is 10.9 Å². The van der Waals surface area contributed by atoms with E-state index in [2.05, 4.69) is 4.98 Å². The molecule has 3 nitrogen and oxygen atoms in total. The summed E-state index contributed by atoms with van der Waals surface area (Å²) in [7, 11) is 1.67. The van der Waals surface area contributed by atoms with Gasteiger partial charge in [0.25, 0.3) is 0 Å². The van der Waals surface area contributed by atoms with Crippen LogP contribution in [0.15, 0.2) is 60.8 Å². The maximum Gasteiger partial charge on any atom is 0.105 e. The van der Waals surface area contributed by atoms with Gasteiger partial charge in [-0.15, -0.1) is 0 Å². The lowest BCUT2D eigenvalue weighted by molar-refractivity contribution is 0.184. The number of aromatic nitrogens is 1. The van der Waals surface area contributed by atoms with Crippen molar-refractivity contribution in [2.75, 3.05) is 7.11 Å². The van der Waals surface area contributed by atoms with Gasteiger partial charge < -0.3 is 9.84 Å². The third-order valence-electron chi connectivity index (χ3n) is 3.58. The van der Waals surface area contributed by atoms with Gasteiger partial charge >= 0.3 is 0 Å². The van der Waals surface area contributed by atoms with Gasteiger partial charge in [-0.3, -0.25) is 4.98 Å². The molecule has 3 rings (SSSR count). The molecule has 3 heteroatoms. The summed E-state index contributed by atoms with van der Waals surface area (Å²) in [5.74, 6) is 0. The van der Waals surface area contributed by atoms with Crippen molar-refractivity contribution in [3.63, 3.8) is 0 Å². The molecule has 1 unspecified atom stereocenters. The SMILES string of the molecule is COCc1ccc(C(O)c2cccc3ncccc23)cc1. The molecule has 0 aliphatic carbocycles. The van der Waals surface area contributed by atoms with Crippen LogP contribution < -0.4 is 0 Å². The zero-order valence-corrected chi connectivity index (χ0v) is 11.9. The highest BCUT2D eigenvalue weighted by Crippen LogP contribution is 2.28. The maximum atomic E-state index is 10.7. The molecule has 0 aliphatic rings. The molecule has 1 heterocycles. The zero-order valence-electron chi connectivity index (χ0n) is 11.9. The Morgan fingerprint density at radius 1 is 1.05 bits per heavy atom. The number of hydrogen-bond acceptors (Lipinski definition) is 3. The van der Waals surface area contributed by atoms with Crippen molar-refractivity contribution in [2.45, 2.75) is 12.7 Å². The Bertz CT molecular complexity index is 732. The molecule has 106 valence electrons. The number of methoxy groups -OCH3 is 1. The number of benzene rings is 2. The smallest absolute Gasteiger partial charge is 0.105 e. The first kappa shape index (κ1) is 13.7. The van der Waals surface area contributed by atoms with Crippen LogP contribution in [0.1, 0.15) is 22.8 Å². The second kappa shape index (κ2) is 6.04. The number of hydrogen-bond donors (Lipinski definition) is 1. The minimum atomic E-state index is -0.658. The van der Waals surface area contributed by atoms with Crippen LogP contribution >= 0.6 is 0 Å². The number of ether oxygens (including phenoxy) is 1. The van der Waals surface area contributed by atoms with E-state index in [0.717, 1.165) is 27.6 Å². The minimum absolute atomic E-state index is 0.578. The van der Waals surface area contributed by atoms with E-state index in [4.69, 9.17) is 4.74 Å². The standard InChI is InChI=1S/C18H17NO2/c1-21-12-13-7-9-14(10-8-13)18(20)16-4-2-6-17-15(16)5-3-11-19-17/h2-11,18,20H,12H2,1H3. The highest BCUT2D eigenvalue weighted by Gasteiger charge is 2.13. The fraction of sp³-hybridized carbons (Fsp3) is 0.167. The first-order valence-corrected chi connectivity index (χ1v) is 6.89. The third-order valence-corrected chi connectivity index (χ3v) is 3.58. The van der Waals surface area contributed by atoms with E-state index in [-0.39, 0.29) is 0 Å². The number of nitrogens with zero attached hydrogens (tertiary/aromatic N) is 1. The van der Waals surface area contributed by atoms with Crippen LogP contribution in [-0.4, -0.2) is 17.2 Å². The summed E-state index contributed by atoms with van der Waals surface area (Å²) >= 11 is 0. The lowest BCUT2D eigenvalue weighted by Gasteiger charge is -2.14. The predicted octanol–water partition coefficient (Wildman–Crippen LogP) is 3.46. The molecule has 0 aliphatic heterocycles. The summed E-state index contributed by atoms with van der Waals surface area (Å²) < 4.78 is 5.10. The summed E-state index contributed by atoms with van der Waals surface area (Å²) in [5, 5.41) is 11.6. The van der Waals surface area contributed by atoms with Crippen LogP contribution in [0, 0.1) is 0 Å². The van der Waals surface area contributed by atoms with Crippen LogP contribution in [0.25, 0.3) is 10.9 Å². The van der Waals surface area contributed by atoms with E-state index in [0.29, 0.717) is 6.61 Å². The number of fused-ring (bicyclic) bond motifs is 1. The van der Waals surface area contributed by atoms with Crippen molar-refractivity contribution < 1.29 is 9.84 Å². The van der Waals surface area contributed by atoms with Gasteiger partial charge in [0.05, 0.1) is 12.1 Å². The van der Waals surface area contributed by atoms with Gasteiger partial charge in [0.15, 0.2) is 0 Å². The molecule has 1 atom stereocenters. The van der Waals surface area contributed by atoms with Crippen LogP contribution in [-0.2, 0) is 11.3 Å². The Kier molecular flexibility index (Phi) is 3.95. The molecule has 0 bridgehead atoms. The van der Waals surface area contributed by atoms with Crippen LogP contribution in [0.3, 0.4) is 0 Å². The fourth-order valence-corrected chi connectivity index (χ4v) is 2.51. The number of aliphatic hydroxyl groups excluding tert-OH is 1. The van der Waals surface area contributed by atoms with Gasteiger partial charge in [-0.05, 0) is 28.8 Å². The largest absolute Gasteiger partial charge is 0.384 e. The normalized spacial score (nSPS) is 12.5. The average Bonchev–Trinajstić information content (AvgIpc) is 2.55. The van der Waals surface area contributed by atoms with E-state index in [1.807, 2.05) is 54.6 Å². The van der Waals surface area contributed by atoms with Crippen molar-refractivity contribution in [3.05, 3.63) is 77.5 Å². The molecule has 0 fully saturated rings. The summed E-state index contributed by atoms with van der Waals surface area (Å²) in [6.45, 7) is 0.578. The highest BCUT2D eigenvalue weighted by molar-refractivity contribution is 5.82. The Balaban J connectivity index is 1.98. The summed E-state index contributed by atoms with van der Waals surface area (Å²) in [4.78, 5) is 4.33. The molecule has 2 aromatic carbocycles. The second-order valence-corrected chi connectivity index (χ2v) is 4.99. The molecule has 0 amide bonds. The molecule has 21 heavy (non-hydrogen) atoms. The molecule has 0 spiro atoms. The number of rotatable bonds is 4. The van der Waals surface area contributed by atoms with Crippen LogP contribution in [0.5, 0.6) is 0 Å². The number of aliphatic hydroxyl groups is 1. The van der Waals surface area contributed by atoms with Crippen LogP contribution in [0.4, 0.5) is 0 Å². The Morgan fingerprint density at radius 3 is 2.62 bits per heavy atom. The van der Waals surface area contributed by atoms with E-state index >= 15 is 0 Å². The molecule has 1 aromatic heterocycles. The molecular weight excluding hydrogens is 262 g/mol. The Hall–Kier alpha value is -2.23. The van der Waals surface area contributed by atoms with Gasteiger partial charge in [0.2, 0.25) is 0 Å². The maximum absolute atomic E-state index is 10.7. The van der Waals surface area contributed by atoms with Crippen molar-refractivity contribution in [2.24, 2.45) is 0 Å². The fourth-order valence-electron chi connectivity index (χ4n) is 2.51. The van der Waals surface area contributed by atoms with Gasteiger partial charge in [-0.25, -0.2) is 0 Å². The van der Waals surface area contributed by atoms with Crippen molar-refractivity contribution in [1.82, 2.24) is 4.98 Å². The van der Waals surface area contributed by atoms with E-state index in [1.54, 1.807) is 13.3 Å². The second-order valence-electron chi connectivity index (χ2n) is 4.99. The number of pyridine rings is 1. The lowest BCUT2D eigenvalue weighted by Crippen LogP contribution is -2.01. The first-order valence-electron chi connectivity index (χ1n) is 6.89. The monoisotopic (exact) mass is 279 g/mol. The molecule has 0 radical (unpaired) electrons. The molecule has 0 saturated heterocycles. The lowest BCUT2D eigenvalue weighted by atomic mass is 9.97. The third kappa shape index (κ3) is 2.79. The van der Waals surface area contributed by atoms with Crippen LogP contribution in [0.2, 0.25) is 0 Å².